The Hall–Kier alpha value is -2.83. The molecule has 0 unspecified atom stereocenters. The largest absolute Gasteiger partial charge is 0.482 e. The summed E-state index contributed by atoms with van der Waals surface area (Å²) in [5.41, 5.74) is 1.57. The maximum Gasteiger partial charge on any atom is 0.341 e. The van der Waals surface area contributed by atoms with Gasteiger partial charge in [-0.05, 0) is 19.1 Å². The van der Waals surface area contributed by atoms with Gasteiger partial charge in [-0.2, -0.15) is 5.10 Å². The van der Waals surface area contributed by atoms with Crippen LogP contribution in [0, 0.1) is 6.92 Å². The number of carboxylic acid groups (broad SMARTS) is 2. The van der Waals surface area contributed by atoms with Crippen LogP contribution in [0.15, 0.2) is 24.3 Å². The number of aromatic carboxylic acids is 1. The van der Waals surface area contributed by atoms with Gasteiger partial charge in [0.15, 0.2) is 6.61 Å². The summed E-state index contributed by atoms with van der Waals surface area (Å²) in [5, 5.41) is 22.0. The van der Waals surface area contributed by atoms with Crippen molar-refractivity contribution >= 4 is 11.9 Å². The van der Waals surface area contributed by atoms with Gasteiger partial charge in [-0.1, -0.05) is 12.1 Å². The first-order chi connectivity index (χ1) is 9.90. The molecule has 110 valence electrons. The Kier molecular flexibility index (Phi) is 3.93. The third kappa shape index (κ3) is 3.02. The molecule has 0 aliphatic heterocycles. The summed E-state index contributed by atoms with van der Waals surface area (Å²) in [7, 11) is 1.65. The molecule has 7 nitrogen and oxygen atoms in total. The fourth-order valence-electron chi connectivity index (χ4n) is 2.12. The maximum atomic E-state index is 11.4. The number of hydrogen-bond acceptors (Lipinski definition) is 4. The number of carboxylic acids is 2. The first-order valence-electron chi connectivity index (χ1n) is 6.12. The Bertz CT molecular complexity index is 705. The van der Waals surface area contributed by atoms with Gasteiger partial charge in [-0.15, -0.1) is 0 Å². The quantitative estimate of drug-likeness (QED) is 0.866. The zero-order valence-electron chi connectivity index (χ0n) is 11.5. The van der Waals surface area contributed by atoms with Gasteiger partial charge in [0.1, 0.15) is 11.3 Å². The molecule has 1 aromatic carbocycles. The van der Waals surface area contributed by atoms with E-state index >= 15 is 0 Å². The lowest BCUT2D eigenvalue weighted by Gasteiger charge is -2.07. The van der Waals surface area contributed by atoms with E-state index in [2.05, 4.69) is 5.10 Å². The summed E-state index contributed by atoms with van der Waals surface area (Å²) in [6.07, 6.45) is 0. The van der Waals surface area contributed by atoms with Gasteiger partial charge < -0.3 is 14.9 Å². The number of hydrogen-bond donors (Lipinski definition) is 2. The van der Waals surface area contributed by atoms with E-state index < -0.39 is 18.5 Å². The zero-order chi connectivity index (χ0) is 15.6. The third-order valence-electron chi connectivity index (χ3n) is 2.91. The van der Waals surface area contributed by atoms with Crippen LogP contribution in [0.4, 0.5) is 0 Å². The van der Waals surface area contributed by atoms with Gasteiger partial charge >= 0.3 is 11.9 Å². The molecule has 2 rings (SSSR count). The summed E-state index contributed by atoms with van der Waals surface area (Å²) in [6.45, 7) is 1.16. The van der Waals surface area contributed by atoms with Gasteiger partial charge in [0.2, 0.25) is 0 Å². The predicted molar refractivity (Wildman–Crippen MR) is 73.5 cm³/mol. The minimum Gasteiger partial charge on any atom is -0.482 e. The van der Waals surface area contributed by atoms with Crippen molar-refractivity contribution in [3.05, 3.63) is 35.5 Å². The Morgan fingerprint density at radius 2 is 2.05 bits per heavy atom. The standard InChI is InChI=1S/C14H14N2O5/c1-8-12(14(19)20)13(16(2)15-8)9-4-3-5-10(6-9)21-7-11(17)18/h3-6H,7H2,1-2H3,(H,17,18)(H,19,20). The Labute approximate surface area is 120 Å². The van der Waals surface area contributed by atoms with Crippen molar-refractivity contribution in [3.8, 4) is 17.0 Å². The highest BCUT2D eigenvalue weighted by Gasteiger charge is 2.21. The second-order valence-electron chi connectivity index (χ2n) is 4.45. The van der Waals surface area contributed by atoms with E-state index in [-0.39, 0.29) is 5.56 Å². The Morgan fingerprint density at radius 1 is 1.33 bits per heavy atom. The van der Waals surface area contributed by atoms with Crippen molar-refractivity contribution in [2.75, 3.05) is 6.61 Å². The number of aryl methyl sites for hydroxylation is 2. The summed E-state index contributed by atoms with van der Waals surface area (Å²) in [5.74, 6) is -1.79. The van der Waals surface area contributed by atoms with Crippen LogP contribution in [0.5, 0.6) is 5.75 Å². The lowest BCUT2D eigenvalue weighted by Crippen LogP contribution is -2.09. The molecule has 0 aliphatic rings. The molecular weight excluding hydrogens is 276 g/mol. The predicted octanol–water partition coefficient (Wildman–Crippen LogP) is 1.56. The zero-order valence-corrected chi connectivity index (χ0v) is 11.5. The highest BCUT2D eigenvalue weighted by atomic mass is 16.5. The summed E-state index contributed by atoms with van der Waals surface area (Å²) in [4.78, 5) is 21.9. The molecule has 0 atom stereocenters. The monoisotopic (exact) mass is 290 g/mol. The minimum absolute atomic E-state index is 0.118. The molecule has 2 N–H and O–H groups in total. The van der Waals surface area contributed by atoms with Crippen LogP contribution < -0.4 is 4.74 Å². The SMILES string of the molecule is Cc1nn(C)c(-c2cccc(OCC(=O)O)c2)c1C(=O)O. The van der Waals surface area contributed by atoms with Crippen LogP contribution in [-0.2, 0) is 11.8 Å². The molecule has 0 bridgehead atoms. The molecule has 21 heavy (non-hydrogen) atoms. The molecule has 1 heterocycles. The Balaban J connectivity index is 2.45. The number of rotatable bonds is 5. The number of carbonyl (C=O) groups is 2. The van der Waals surface area contributed by atoms with E-state index in [9.17, 15) is 14.7 Å². The van der Waals surface area contributed by atoms with Crippen LogP contribution in [0.3, 0.4) is 0 Å². The number of aliphatic carboxylic acids is 1. The van der Waals surface area contributed by atoms with Crippen molar-refractivity contribution in [3.63, 3.8) is 0 Å². The van der Waals surface area contributed by atoms with E-state index in [1.165, 1.54) is 4.68 Å². The highest BCUT2D eigenvalue weighted by Crippen LogP contribution is 2.28. The molecule has 2 aromatic rings. The highest BCUT2D eigenvalue weighted by molar-refractivity contribution is 5.96. The first-order valence-corrected chi connectivity index (χ1v) is 6.12. The van der Waals surface area contributed by atoms with Crippen molar-refractivity contribution in [2.45, 2.75) is 6.92 Å². The lowest BCUT2D eigenvalue weighted by atomic mass is 10.1. The van der Waals surface area contributed by atoms with Crippen LogP contribution in [0.1, 0.15) is 16.1 Å². The van der Waals surface area contributed by atoms with Gasteiger partial charge in [0.05, 0.1) is 11.4 Å². The van der Waals surface area contributed by atoms with E-state index in [0.29, 0.717) is 22.7 Å². The van der Waals surface area contributed by atoms with E-state index in [1.807, 2.05) is 0 Å². The van der Waals surface area contributed by atoms with Crippen LogP contribution in [-0.4, -0.2) is 38.5 Å². The molecule has 0 radical (unpaired) electrons. The van der Waals surface area contributed by atoms with Gasteiger partial charge in [-0.25, -0.2) is 9.59 Å². The maximum absolute atomic E-state index is 11.4. The summed E-state index contributed by atoms with van der Waals surface area (Å²) < 4.78 is 6.58. The van der Waals surface area contributed by atoms with Crippen molar-refractivity contribution in [1.82, 2.24) is 9.78 Å². The average Bonchev–Trinajstić information content (AvgIpc) is 2.71. The second-order valence-corrected chi connectivity index (χ2v) is 4.45. The average molecular weight is 290 g/mol. The van der Waals surface area contributed by atoms with Crippen molar-refractivity contribution < 1.29 is 24.5 Å². The Morgan fingerprint density at radius 3 is 2.67 bits per heavy atom. The van der Waals surface area contributed by atoms with Gasteiger partial charge in [0.25, 0.3) is 0 Å². The molecule has 0 spiro atoms. The minimum atomic E-state index is -1.08. The lowest BCUT2D eigenvalue weighted by molar-refractivity contribution is -0.139. The molecule has 0 saturated heterocycles. The summed E-state index contributed by atoms with van der Waals surface area (Å²) >= 11 is 0. The normalized spacial score (nSPS) is 10.4. The number of nitrogens with zero attached hydrogens (tertiary/aromatic N) is 2. The first kappa shape index (κ1) is 14.6. The smallest absolute Gasteiger partial charge is 0.341 e. The van der Waals surface area contributed by atoms with E-state index in [0.717, 1.165) is 0 Å². The second kappa shape index (κ2) is 5.66. The van der Waals surface area contributed by atoms with Crippen LogP contribution in [0.2, 0.25) is 0 Å². The van der Waals surface area contributed by atoms with Crippen LogP contribution >= 0.6 is 0 Å². The van der Waals surface area contributed by atoms with Crippen LogP contribution in [0.25, 0.3) is 11.3 Å². The molecule has 1 aromatic heterocycles. The van der Waals surface area contributed by atoms with Crippen molar-refractivity contribution in [2.24, 2.45) is 7.05 Å². The number of benzene rings is 1. The molecule has 0 amide bonds. The van der Waals surface area contributed by atoms with E-state index in [4.69, 9.17) is 9.84 Å². The molecule has 0 aliphatic carbocycles. The molecular formula is C14H14N2O5. The fourth-order valence-corrected chi connectivity index (χ4v) is 2.12. The topological polar surface area (TPSA) is 102 Å². The van der Waals surface area contributed by atoms with Gasteiger partial charge in [-0.3, -0.25) is 4.68 Å². The molecule has 0 fully saturated rings. The molecule has 7 heteroatoms. The molecule has 0 saturated carbocycles. The fraction of sp³-hybridized carbons (Fsp3) is 0.214. The third-order valence-corrected chi connectivity index (χ3v) is 2.91. The number of ether oxygens (including phenoxy) is 1. The summed E-state index contributed by atoms with van der Waals surface area (Å²) in [6, 6.07) is 6.58. The van der Waals surface area contributed by atoms with Gasteiger partial charge in [0, 0.05) is 12.6 Å². The van der Waals surface area contributed by atoms with E-state index in [1.54, 1.807) is 38.2 Å². The van der Waals surface area contributed by atoms with Crippen molar-refractivity contribution in [1.29, 1.82) is 0 Å². The number of aromatic nitrogens is 2.